The summed E-state index contributed by atoms with van der Waals surface area (Å²) in [5.41, 5.74) is 2.67. The van der Waals surface area contributed by atoms with E-state index < -0.39 is 0 Å². The Labute approximate surface area is 108 Å². The van der Waals surface area contributed by atoms with Crippen LogP contribution in [0.25, 0.3) is 0 Å². The summed E-state index contributed by atoms with van der Waals surface area (Å²) in [4.78, 5) is 1.39. The molecule has 0 aliphatic carbocycles. The molecule has 0 aliphatic heterocycles. The molecule has 2 atom stereocenters. The number of hydrogen-bond acceptors (Lipinski definition) is 2. The number of thiophene rings is 1. The van der Waals surface area contributed by atoms with E-state index in [1.54, 1.807) is 0 Å². The lowest BCUT2D eigenvalue weighted by atomic mass is 10.0. The summed E-state index contributed by atoms with van der Waals surface area (Å²) in [6.45, 7) is 6.58. The highest BCUT2D eigenvalue weighted by Crippen LogP contribution is 2.22. The molecule has 1 heterocycles. The second-order valence-corrected chi connectivity index (χ2v) is 5.52. The molecule has 1 nitrogen and oxygen atoms in total. The molecular weight excluding hydrogens is 226 g/mol. The molecule has 1 unspecified atom stereocenters. The summed E-state index contributed by atoms with van der Waals surface area (Å²) < 4.78 is 0. The maximum Gasteiger partial charge on any atom is 0.0391 e. The van der Waals surface area contributed by atoms with Crippen molar-refractivity contribution in [1.82, 2.24) is 5.32 Å². The quantitative estimate of drug-likeness (QED) is 0.838. The number of hydrogen-bond donors (Lipinski definition) is 1. The lowest BCUT2D eigenvalue weighted by Gasteiger charge is -2.19. The molecule has 1 aromatic carbocycles. The topological polar surface area (TPSA) is 12.0 Å². The Morgan fingerprint density at radius 3 is 2.53 bits per heavy atom. The van der Waals surface area contributed by atoms with E-state index in [-0.39, 0.29) is 0 Å². The summed E-state index contributed by atoms with van der Waals surface area (Å²) in [5, 5.41) is 5.77. The van der Waals surface area contributed by atoms with Crippen LogP contribution in [0.5, 0.6) is 0 Å². The average Bonchev–Trinajstić information content (AvgIpc) is 2.82. The van der Waals surface area contributed by atoms with E-state index in [9.17, 15) is 0 Å². The van der Waals surface area contributed by atoms with Crippen LogP contribution < -0.4 is 5.32 Å². The molecule has 2 aromatic rings. The summed E-state index contributed by atoms with van der Waals surface area (Å²) >= 11 is 1.81. The number of nitrogens with one attached hydrogen (secondary N) is 1. The second-order valence-electron chi connectivity index (χ2n) is 4.54. The van der Waals surface area contributed by atoms with E-state index in [0.29, 0.717) is 12.1 Å². The molecule has 0 radical (unpaired) electrons. The van der Waals surface area contributed by atoms with Gasteiger partial charge < -0.3 is 5.32 Å². The van der Waals surface area contributed by atoms with E-state index >= 15 is 0 Å². The second kappa shape index (κ2) is 5.48. The Morgan fingerprint density at radius 1 is 1.06 bits per heavy atom. The third-order valence-corrected chi connectivity index (χ3v) is 4.07. The molecule has 2 rings (SSSR count). The molecule has 0 saturated carbocycles. The summed E-state index contributed by atoms with van der Waals surface area (Å²) in [6, 6.07) is 13.8. The lowest BCUT2D eigenvalue weighted by molar-refractivity contribution is 0.500. The van der Waals surface area contributed by atoms with Gasteiger partial charge in [0.2, 0.25) is 0 Å². The Balaban J connectivity index is 2.04. The molecule has 0 bridgehead atoms. The molecule has 0 spiro atoms. The molecule has 90 valence electrons. The molecule has 0 aliphatic rings. The minimum atomic E-state index is 0.381. The first kappa shape index (κ1) is 12.3. The first-order valence-corrected chi connectivity index (χ1v) is 6.91. The van der Waals surface area contributed by atoms with Gasteiger partial charge in [0.25, 0.3) is 0 Å². The molecule has 1 N–H and O–H groups in total. The van der Waals surface area contributed by atoms with Crippen LogP contribution in [0.1, 0.15) is 41.9 Å². The van der Waals surface area contributed by atoms with Crippen molar-refractivity contribution in [3.8, 4) is 0 Å². The highest BCUT2D eigenvalue weighted by atomic mass is 32.1. The monoisotopic (exact) mass is 245 g/mol. The Morgan fingerprint density at radius 2 is 1.88 bits per heavy atom. The third-order valence-electron chi connectivity index (χ3n) is 3.01. The zero-order valence-electron chi connectivity index (χ0n) is 10.6. The van der Waals surface area contributed by atoms with Crippen LogP contribution in [-0.4, -0.2) is 0 Å². The van der Waals surface area contributed by atoms with Crippen molar-refractivity contribution >= 4 is 11.3 Å². The predicted octanol–water partition coefficient (Wildman–Crippen LogP) is 4.47. The first-order valence-electron chi connectivity index (χ1n) is 6.03. The fourth-order valence-electron chi connectivity index (χ4n) is 2.03. The van der Waals surface area contributed by atoms with E-state index in [0.717, 1.165) is 0 Å². The molecule has 17 heavy (non-hydrogen) atoms. The van der Waals surface area contributed by atoms with Gasteiger partial charge in [-0.15, -0.1) is 11.3 Å². The van der Waals surface area contributed by atoms with E-state index in [2.05, 4.69) is 67.9 Å². The lowest BCUT2D eigenvalue weighted by Crippen LogP contribution is -2.21. The van der Waals surface area contributed by atoms with Gasteiger partial charge >= 0.3 is 0 Å². The zero-order chi connectivity index (χ0) is 12.3. The van der Waals surface area contributed by atoms with Crippen molar-refractivity contribution in [3.05, 3.63) is 57.8 Å². The number of rotatable bonds is 4. The Bertz CT molecular complexity index is 462. The van der Waals surface area contributed by atoms with Gasteiger partial charge in [0.15, 0.2) is 0 Å². The van der Waals surface area contributed by atoms with Crippen LogP contribution in [0.15, 0.2) is 41.8 Å². The van der Waals surface area contributed by atoms with E-state index in [1.807, 2.05) is 11.3 Å². The highest BCUT2D eigenvalue weighted by Gasteiger charge is 2.11. The van der Waals surface area contributed by atoms with Crippen molar-refractivity contribution in [2.45, 2.75) is 32.9 Å². The number of benzene rings is 1. The van der Waals surface area contributed by atoms with Crippen molar-refractivity contribution < 1.29 is 0 Å². The fourth-order valence-corrected chi connectivity index (χ4v) is 2.77. The molecule has 0 fully saturated rings. The third kappa shape index (κ3) is 3.18. The molecular formula is C15H19NS. The first-order chi connectivity index (χ1) is 8.16. The summed E-state index contributed by atoms with van der Waals surface area (Å²) in [7, 11) is 0. The largest absolute Gasteiger partial charge is 0.303 e. The maximum atomic E-state index is 3.64. The summed E-state index contributed by atoms with van der Waals surface area (Å²) in [6.07, 6.45) is 0. The maximum absolute atomic E-state index is 3.64. The van der Waals surface area contributed by atoms with Crippen molar-refractivity contribution in [2.24, 2.45) is 0 Å². The van der Waals surface area contributed by atoms with Crippen LogP contribution in [0.4, 0.5) is 0 Å². The minimum Gasteiger partial charge on any atom is -0.303 e. The van der Waals surface area contributed by atoms with Crippen LogP contribution in [0.3, 0.4) is 0 Å². The van der Waals surface area contributed by atoms with Gasteiger partial charge in [-0.25, -0.2) is 0 Å². The number of aryl methyl sites for hydroxylation is 1. The Kier molecular flexibility index (Phi) is 3.97. The van der Waals surface area contributed by atoms with Crippen molar-refractivity contribution in [2.75, 3.05) is 0 Å². The molecule has 0 amide bonds. The van der Waals surface area contributed by atoms with Crippen molar-refractivity contribution in [1.29, 1.82) is 0 Å². The van der Waals surface area contributed by atoms with Gasteiger partial charge in [-0.1, -0.05) is 35.9 Å². The van der Waals surface area contributed by atoms with E-state index in [1.165, 1.54) is 16.0 Å². The van der Waals surface area contributed by atoms with Crippen LogP contribution in [0.2, 0.25) is 0 Å². The molecule has 0 saturated heterocycles. The normalized spacial score (nSPS) is 14.5. The summed E-state index contributed by atoms with van der Waals surface area (Å²) in [5.74, 6) is 0. The fraction of sp³-hybridized carbons (Fsp3) is 0.333. The standard InChI is InChI=1S/C15H19NS/c1-11-6-4-7-14(10-11)12(2)16-13(3)15-8-5-9-17-15/h4-10,12-13,16H,1-3H3/t12-,13?/m1/s1. The van der Waals surface area contributed by atoms with E-state index in [4.69, 9.17) is 0 Å². The van der Waals surface area contributed by atoms with Gasteiger partial charge in [-0.3, -0.25) is 0 Å². The van der Waals surface area contributed by atoms with Crippen LogP contribution in [-0.2, 0) is 0 Å². The van der Waals surface area contributed by atoms with Crippen molar-refractivity contribution in [3.63, 3.8) is 0 Å². The van der Waals surface area contributed by atoms with Gasteiger partial charge in [0.1, 0.15) is 0 Å². The highest BCUT2D eigenvalue weighted by molar-refractivity contribution is 7.10. The molecule has 1 aromatic heterocycles. The minimum absolute atomic E-state index is 0.381. The van der Waals surface area contributed by atoms with Crippen LogP contribution in [0, 0.1) is 6.92 Å². The van der Waals surface area contributed by atoms with Gasteiger partial charge in [0.05, 0.1) is 0 Å². The zero-order valence-corrected chi connectivity index (χ0v) is 11.4. The molecule has 2 heteroatoms. The predicted molar refractivity (Wildman–Crippen MR) is 75.5 cm³/mol. The Hall–Kier alpha value is -1.12. The van der Waals surface area contributed by atoms with Gasteiger partial charge in [0, 0.05) is 17.0 Å². The SMILES string of the molecule is Cc1cccc([C@@H](C)NC(C)c2cccs2)c1. The van der Waals surface area contributed by atoms with Gasteiger partial charge in [-0.05, 0) is 37.8 Å². The van der Waals surface area contributed by atoms with Crippen LogP contribution >= 0.6 is 11.3 Å². The average molecular weight is 245 g/mol. The smallest absolute Gasteiger partial charge is 0.0391 e. The van der Waals surface area contributed by atoms with Gasteiger partial charge in [-0.2, -0.15) is 0 Å².